The van der Waals surface area contributed by atoms with Gasteiger partial charge in [-0.15, -0.1) is 0 Å². The van der Waals surface area contributed by atoms with Crippen LogP contribution >= 0.6 is 0 Å². The molecule has 4 nitrogen and oxygen atoms in total. The number of ether oxygens (including phenoxy) is 1. The van der Waals surface area contributed by atoms with Crippen molar-refractivity contribution in [3.8, 4) is 0 Å². The summed E-state index contributed by atoms with van der Waals surface area (Å²) in [4.78, 5) is 24.2. The highest BCUT2D eigenvalue weighted by atomic mass is 16.5. The Morgan fingerprint density at radius 3 is 2.12 bits per heavy atom. The third kappa shape index (κ3) is 5.45. The molecule has 0 aromatic heterocycles. The van der Waals surface area contributed by atoms with Crippen molar-refractivity contribution in [2.45, 2.75) is 40.0 Å². The van der Waals surface area contributed by atoms with Gasteiger partial charge in [-0.2, -0.15) is 0 Å². The lowest BCUT2D eigenvalue weighted by Gasteiger charge is -2.14. The lowest BCUT2D eigenvalue weighted by Crippen LogP contribution is -2.19. The lowest BCUT2D eigenvalue weighted by atomic mass is 9.96. The molecule has 138 valence electrons. The van der Waals surface area contributed by atoms with Gasteiger partial charge in [0.25, 0.3) is 0 Å². The molecule has 0 aliphatic rings. The summed E-state index contributed by atoms with van der Waals surface area (Å²) in [5.74, 6) is -0.0855. The number of hydrogen-bond donors (Lipinski definition) is 1. The standard InChI is InChI=1S/C22H27NO3/c1-5-26-22(25)19-10-12-20(13-11-19)23-21(24)16(4)18-8-6-17(7-9-18)14-15(2)3/h6-13,15-16H,5,14H2,1-4H3,(H,23,24)/t16-/m0/s1. The van der Waals surface area contributed by atoms with Crippen molar-refractivity contribution in [2.24, 2.45) is 5.92 Å². The molecule has 0 heterocycles. The lowest BCUT2D eigenvalue weighted by molar-refractivity contribution is -0.117. The maximum Gasteiger partial charge on any atom is 0.338 e. The molecule has 4 heteroatoms. The van der Waals surface area contributed by atoms with Crippen LogP contribution < -0.4 is 5.32 Å². The quantitative estimate of drug-likeness (QED) is 0.727. The molecule has 2 aromatic carbocycles. The molecular formula is C22H27NO3. The highest BCUT2D eigenvalue weighted by molar-refractivity contribution is 5.96. The first-order valence-corrected chi connectivity index (χ1v) is 9.07. The fourth-order valence-corrected chi connectivity index (χ4v) is 2.72. The van der Waals surface area contributed by atoms with Gasteiger partial charge in [-0.25, -0.2) is 4.79 Å². The van der Waals surface area contributed by atoms with Crippen LogP contribution in [-0.4, -0.2) is 18.5 Å². The normalized spacial score (nSPS) is 11.9. The molecule has 0 unspecified atom stereocenters. The minimum Gasteiger partial charge on any atom is -0.462 e. The Kier molecular flexibility index (Phi) is 6.96. The second-order valence-electron chi connectivity index (χ2n) is 6.85. The summed E-state index contributed by atoms with van der Waals surface area (Å²) in [5, 5.41) is 2.89. The fourth-order valence-electron chi connectivity index (χ4n) is 2.72. The maximum absolute atomic E-state index is 12.5. The molecule has 0 aliphatic carbocycles. The van der Waals surface area contributed by atoms with Gasteiger partial charge in [0.2, 0.25) is 5.91 Å². The zero-order valence-corrected chi connectivity index (χ0v) is 15.9. The average molecular weight is 353 g/mol. The Hall–Kier alpha value is -2.62. The summed E-state index contributed by atoms with van der Waals surface area (Å²) in [6.45, 7) is 8.38. The topological polar surface area (TPSA) is 55.4 Å². The Labute approximate surface area is 155 Å². The van der Waals surface area contributed by atoms with Gasteiger partial charge in [0, 0.05) is 5.69 Å². The first kappa shape index (κ1) is 19.7. The first-order valence-electron chi connectivity index (χ1n) is 9.07. The Morgan fingerprint density at radius 1 is 0.962 bits per heavy atom. The Bertz CT molecular complexity index is 733. The largest absolute Gasteiger partial charge is 0.462 e. The molecule has 0 saturated heterocycles. The van der Waals surface area contributed by atoms with Crippen LogP contribution in [0.15, 0.2) is 48.5 Å². The third-order valence-electron chi connectivity index (χ3n) is 4.18. The van der Waals surface area contributed by atoms with Crippen LogP contribution in [0.25, 0.3) is 0 Å². The fraction of sp³-hybridized carbons (Fsp3) is 0.364. The highest BCUT2D eigenvalue weighted by Crippen LogP contribution is 2.20. The van der Waals surface area contributed by atoms with Crippen LogP contribution in [0, 0.1) is 5.92 Å². The van der Waals surface area contributed by atoms with E-state index in [1.54, 1.807) is 31.2 Å². The summed E-state index contributed by atoms with van der Waals surface area (Å²) in [5.41, 5.74) is 3.40. The predicted octanol–water partition coefficient (Wildman–Crippen LogP) is 4.80. The summed E-state index contributed by atoms with van der Waals surface area (Å²) in [6, 6.07) is 14.9. The van der Waals surface area contributed by atoms with E-state index >= 15 is 0 Å². The molecule has 0 saturated carbocycles. The van der Waals surface area contributed by atoms with Gasteiger partial charge < -0.3 is 10.1 Å². The van der Waals surface area contributed by atoms with Crippen LogP contribution in [0.1, 0.15) is 55.1 Å². The van der Waals surface area contributed by atoms with E-state index in [-0.39, 0.29) is 17.8 Å². The zero-order valence-electron chi connectivity index (χ0n) is 15.9. The van der Waals surface area contributed by atoms with Gasteiger partial charge in [-0.3, -0.25) is 4.79 Å². The Morgan fingerprint density at radius 2 is 1.58 bits per heavy atom. The number of carbonyl (C=O) groups excluding carboxylic acids is 2. The van der Waals surface area contributed by atoms with Crippen molar-refractivity contribution in [3.63, 3.8) is 0 Å². The zero-order chi connectivity index (χ0) is 19.1. The van der Waals surface area contributed by atoms with Crippen LogP contribution in [-0.2, 0) is 16.0 Å². The summed E-state index contributed by atoms with van der Waals surface area (Å²) < 4.78 is 4.95. The SMILES string of the molecule is CCOC(=O)c1ccc(NC(=O)[C@@H](C)c2ccc(CC(C)C)cc2)cc1. The van der Waals surface area contributed by atoms with E-state index in [9.17, 15) is 9.59 Å². The molecule has 0 fully saturated rings. The van der Waals surface area contributed by atoms with E-state index in [0.717, 1.165) is 12.0 Å². The maximum atomic E-state index is 12.5. The van der Waals surface area contributed by atoms with E-state index < -0.39 is 0 Å². The average Bonchev–Trinajstić information content (AvgIpc) is 2.62. The van der Waals surface area contributed by atoms with Gasteiger partial charge >= 0.3 is 5.97 Å². The summed E-state index contributed by atoms with van der Waals surface area (Å²) in [6.07, 6.45) is 1.04. The molecule has 1 amide bonds. The second kappa shape index (κ2) is 9.18. The number of amides is 1. The second-order valence-corrected chi connectivity index (χ2v) is 6.85. The number of anilines is 1. The van der Waals surface area contributed by atoms with E-state index in [1.807, 2.05) is 19.1 Å². The number of hydrogen-bond acceptors (Lipinski definition) is 3. The molecule has 2 aromatic rings. The summed E-state index contributed by atoms with van der Waals surface area (Å²) in [7, 11) is 0. The number of benzene rings is 2. The molecule has 1 atom stereocenters. The molecule has 0 radical (unpaired) electrons. The number of carbonyl (C=O) groups is 2. The monoisotopic (exact) mass is 353 g/mol. The van der Waals surface area contributed by atoms with Gasteiger partial charge in [-0.1, -0.05) is 38.1 Å². The van der Waals surface area contributed by atoms with E-state index in [0.29, 0.717) is 23.8 Å². The van der Waals surface area contributed by atoms with Crippen LogP contribution in [0.2, 0.25) is 0 Å². The van der Waals surface area contributed by atoms with E-state index in [1.165, 1.54) is 5.56 Å². The number of esters is 1. The molecule has 26 heavy (non-hydrogen) atoms. The van der Waals surface area contributed by atoms with Crippen molar-refractivity contribution in [1.82, 2.24) is 0 Å². The highest BCUT2D eigenvalue weighted by Gasteiger charge is 2.16. The number of nitrogens with one attached hydrogen (secondary N) is 1. The van der Waals surface area contributed by atoms with Crippen molar-refractivity contribution in [2.75, 3.05) is 11.9 Å². The predicted molar refractivity (Wildman–Crippen MR) is 104 cm³/mol. The molecule has 0 spiro atoms. The third-order valence-corrected chi connectivity index (χ3v) is 4.18. The van der Waals surface area contributed by atoms with Gasteiger partial charge in [0.05, 0.1) is 18.1 Å². The van der Waals surface area contributed by atoms with Gasteiger partial charge in [0.15, 0.2) is 0 Å². The van der Waals surface area contributed by atoms with Gasteiger partial charge in [0.1, 0.15) is 0 Å². The van der Waals surface area contributed by atoms with Crippen LogP contribution in [0.3, 0.4) is 0 Å². The van der Waals surface area contributed by atoms with E-state index in [4.69, 9.17) is 4.74 Å². The van der Waals surface area contributed by atoms with Crippen LogP contribution in [0.5, 0.6) is 0 Å². The molecular weight excluding hydrogens is 326 g/mol. The molecule has 1 N–H and O–H groups in total. The molecule has 0 aliphatic heterocycles. The first-order chi connectivity index (χ1) is 12.4. The van der Waals surface area contributed by atoms with Gasteiger partial charge in [-0.05, 0) is 61.6 Å². The van der Waals surface area contributed by atoms with Crippen molar-refractivity contribution in [1.29, 1.82) is 0 Å². The minimum absolute atomic E-state index is 0.0782. The van der Waals surface area contributed by atoms with E-state index in [2.05, 4.69) is 31.3 Å². The Balaban J connectivity index is 1.99. The van der Waals surface area contributed by atoms with Crippen molar-refractivity contribution in [3.05, 3.63) is 65.2 Å². The smallest absolute Gasteiger partial charge is 0.338 e. The van der Waals surface area contributed by atoms with Crippen LogP contribution in [0.4, 0.5) is 5.69 Å². The number of rotatable bonds is 7. The minimum atomic E-state index is -0.361. The molecule has 0 bridgehead atoms. The molecule has 2 rings (SSSR count). The summed E-state index contributed by atoms with van der Waals surface area (Å²) >= 11 is 0. The van der Waals surface area contributed by atoms with Crippen molar-refractivity contribution < 1.29 is 14.3 Å². The van der Waals surface area contributed by atoms with Crippen molar-refractivity contribution >= 4 is 17.6 Å².